The molecule has 1 aromatic heterocycles. The maximum absolute atomic E-state index is 12.7. The number of nitrogens with zero attached hydrogens (tertiary/aromatic N) is 2. The molecule has 0 radical (unpaired) electrons. The summed E-state index contributed by atoms with van der Waals surface area (Å²) in [5.41, 5.74) is 0. The van der Waals surface area contributed by atoms with Crippen molar-refractivity contribution in [2.45, 2.75) is 36.6 Å². The van der Waals surface area contributed by atoms with Crippen molar-refractivity contribution in [2.75, 3.05) is 6.54 Å². The van der Waals surface area contributed by atoms with Gasteiger partial charge in [-0.2, -0.15) is 4.31 Å². The van der Waals surface area contributed by atoms with Crippen molar-refractivity contribution in [3.05, 3.63) is 21.9 Å². The molecule has 0 bridgehead atoms. The average molecular weight is 366 g/mol. The molecule has 0 N–H and O–H groups in total. The summed E-state index contributed by atoms with van der Waals surface area (Å²) in [6, 6.07) is 1.69. The van der Waals surface area contributed by atoms with Gasteiger partial charge in [0.2, 0.25) is 10.0 Å². The first-order valence-corrected chi connectivity index (χ1v) is 8.92. The molecule has 4 nitrogen and oxygen atoms in total. The zero-order valence-electron chi connectivity index (χ0n) is 10.2. The van der Waals surface area contributed by atoms with Gasteiger partial charge in [0, 0.05) is 23.3 Å². The highest BCUT2D eigenvalue weighted by Gasteiger charge is 2.42. The molecule has 0 spiro atoms. The lowest BCUT2D eigenvalue weighted by Crippen LogP contribution is -2.35. The topological polar surface area (TPSA) is 50.3 Å². The summed E-state index contributed by atoms with van der Waals surface area (Å²) >= 11 is 9.21. The molecule has 1 heterocycles. The Labute approximate surface area is 126 Å². The summed E-state index contributed by atoms with van der Waals surface area (Å²) in [4.78, 5) is 4.02. The molecule has 19 heavy (non-hydrogen) atoms. The van der Waals surface area contributed by atoms with E-state index < -0.39 is 10.0 Å². The number of sulfonamides is 1. The van der Waals surface area contributed by atoms with Crippen molar-refractivity contribution >= 4 is 37.6 Å². The first-order chi connectivity index (χ1) is 8.98. The predicted octanol–water partition coefficient (Wildman–Crippen LogP) is 3.06. The van der Waals surface area contributed by atoms with Crippen LogP contribution >= 0.6 is 27.5 Å². The third-order valence-corrected chi connectivity index (χ3v) is 6.23. The molecule has 1 aromatic rings. The van der Waals surface area contributed by atoms with Crippen molar-refractivity contribution in [1.29, 1.82) is 0 Å². The number of pyridine rings is 1. The molecule has 7 heteroatoms. The summed E-state index contributed by atoms with van der Waals surface area (Å²) in [6.45, 7) is 0.621. The van der Waals surface area contributed by atoms with Crippen LogP contribution in [-0.4, -0.2) is 30.3 Å². The second-order valence-electron chi connectivity index (χ2n) is 5.19. The number of hydrogen-bond acceptors (Lipinski definition) is 3. The lowest BCUT2D eigenvalue weighted by Gasteiger charge is -2.22. The van der Waals surface area contributed by atoms with Gasteiger partial charge >= 0.3 is 0 Å². The van der Waals surface area contributed by atoms with Gasteiger partial charge in [-0.25, -0.2) is 13.4 Å². The second-order valence-corrected chi connectivity index (χ2v) is 8.32. The standard InChI is InChI=1S/C12H14BrClN2O2S/c13-9-5-11(12(14)15-6-9)19(17,18)16(10-3-4-10)7-8-1-2-8/h5-6,8,10H,1-4,7H2. The van der Waals surface area contributed by atoms with Gasteiger partial charge in [0.05, 0.1) is 0 Å². The van der Waals surface area contributed by atoms with E-state index in [0.717, 1.165) is 25.7 Å². The van der Waals surface area contributed by atoms with Crippen LogP contribution in [0.3, 0.4) is 0 Å². The van der Waals surface area contributed by atoms with E-state index in [0.29, 0.717) is 16.9 Å². The van der Waals surface area contributed by atoms with Gasteiger partial charge in [0.15, 0.2) is 0 Å². The molecule has 0 aliphatic heterocycles. The Hall–Kier alpha value is -0.170. The summed E-state index contributed by atoms with van der Waals surface area (Å²) in [7, 11) is -3.54. The Morgan fingerprint density at radius 1 is 1.37 bits per heavy atom. The highest BCUT2D eigenvalue weighted by Crippen LogP contribution is 2.39. The largest absolute Gasteiger partial charge is 0.246 e. The minimum Gasteiger partial charge on any atom is -0.242 e. The number of rotatable bonds is 5. The SMILES string of the molecule is O=S(=O)(c1cc(Br)cnc1Cl)N(CC1CC1)C1CC1. The first kappa shape index (κ1) is 13.8. The zero-order chi connectivity index (χ0) is 13.6. The molecule has 0 unspecified atom stereocenters. The molecule has 2 saturated carbocycles. The molecule has 2 aliphatic carbocycles. The van der Waals surface area contributed by atoms with Crippen LogP contribution in [0.4, 0.5) is 0 Å². The second kappa shape index (κ2) is 4.98. The van der Waals surface area contributed by atoms with Crippen molar-refractivity contribution < 1.29 is 8.42 Å². The molecule has 0 amide bonds. The van der Waals surface area contributed by atoms with E-state index in [1.54, 1.807) is 4.31 Å². The molecule has 2 aliphatic rings. The summed E-state index contributed by atoms with van der Waals surface area (Å²) < 4.78 is 27.7. The molecule has 0 saturated heterocycles. The predicted molar refractivity (Wildman–Crippen MR) is 76.6 cm³/mol. The molecule has 104 valence electrons. The van der Waals surface area contributed by atoms with E-state index in [4.69, 9.17) is 11.6 Å². The van der Waals surface area contributed by atoms with Crippen LogP contribution in [0.2, 0.25) is 5.15 Å². The van der Waals surface area contributed by atoms with Crippen LogP contribution < -0.4 is 0 Å². The Bertz CT molecular complexity index is 600. The highest BCUT2D eigenvalue weighted by atomic mass is 79.9. The first-order valence-electron chi connectivity index (χ1n) is 6.31. The van der Waals surface area contributed by atoms with Crippen LogP contribution in [0.25, 0.3) is 0 Å². The Kier molecular flexibility index (Phi) is 3.62. The van der Waals surface area contributed by atoms with Gasteiger partial charge in [-0.15, -0.1) is 0 Å². The van der Waals surface area contributed by atoms with Gasteiger partial charge in [-0.1, -0.05) is 11.6 Å². The quantitative estimate of drug-likeness (QED) is 0.754. The number of hydrogen-bond donors (Lipinski definition) is 0. The smallest absolute Gasteiger partial charge is 0.242 e. The average Bonchev–Trinajstić information content (AvgIpc) is 3.22. The highest BCUT2D eigenvalue weighted by molar-refractivity contribution is 9.10. The van der Waals surface area contributed by atoms with Crippen molar-refractivity contribution in [3.8, 4) is 0 Å². The Morgan fingerprint density at radius 2 is 2.05 bits per heavy atom. The Morgan fingerprint density at radius 3 is 2.63 bits per heavy atom. The number of aromatic nitrogens is 1. The molecular formula is C12H14BrClN2O2S. The zero-order valence-corrected chi connectivity index (χ0v) is 13.4. The van der Waals surface area contributed by atoms with Gasteiger partial charge in [0.1, 0.15) is 10.0 Å². The summed E-state index contributed by atoms with van der Waals surface area (Å²) in [6.07, 6.45) is 5.66. The van der Waals surface area contributed by atoms with E-state index in [1.807, 2.05) is 0 Å². The summed E-state index contributed by atoms with van der Waals surface area (Å²) in [5, 5.41) is 0.0460. The van der Waals surface area contributed by atoms with E-state index in [9.17, 15) is 8.42 Å². The van der Waals surface area contributed by atoms with Gasteiger partial charge in [0.25, 0.3) is 0 Å². The van der Waals surface area contributed by atoms with Crippen LogP contribution in [0.1, 0.15) is 25.7 Å². The normalized spacial score (nSPS) is 19.9. The van der Waals surface area contributed by atoms with E-state index >= 15 is 0 Å². The van der Waals surface area contributed by atoms with Gasteiger partial charge < -0.3 is 0 Å². The maximum Gasteiger partial charge on any atom is 0.246 e. The van der Waals surface area contributed by atoms with E-state index in [-0.39, 0.29) is 16.1 Å². The van der Waals surface area contributed by atoms with Crippen LogP contribution in [0.15, 0.2) is 21.6 Å². The Balaban J connectivity index is 1.96. The van der Waals surface area contributed by atoms with Crippen LogP contribution in [-0.2, 0) is 10.0 Å². The fraction of sp³-hybridized carbons (Fsp3) is 0.583. The van der Waals surface area contributed by atoms with E-state index in [2.05, 4.69) is 20.9 Å². The fourth-order valence-electron chi connectivity index (χ4n) is 2.07. The molecular weight excluding hydrogens is 352 g/mol. The molecule has 0 atom stereocenters. The van der Waals surface area contributed by atoms with Crippen molar-refractivity contribution in [3.63, 3.8) is 0 Å². The van der Waals surface area contributed by atoms with Crippen molar-refractivity contribution in [1.82, 2.24) is 9.29 Å². The van der Waals surface area contributed by atoms with Gasteiger partial charge in [-0.3, -0.25) is 0 Å². The van der Waals surface area contributed by atoms with Gasteiger partial charge in [-0.05, 0) is 53.6 Å². The molecule has 0 aromatic carbocycles. The minimum absolute atomic E-state index is 0.0460. The monoisotopic (exact) mass is 364 g/mol. The lowest BCUT2D eigenvalue weighted by atomic mass is 10.4. The minimum atomic E-state index is -3.54. The number of halogens is 2. The van der Waals surface area contributed by atoms with Crippen LogP contribution in [0.5, 0.6) is 0 Å². The summed E-state index contributed by atoms with van der Waals surface area (Å²) in [5.74, 6) is 0.522. The van der Waals surface area contributed by atoms with E-state index in [1.165, 1.54) is 12.3 Å². The van der Waals surface area contributed by atoms with Crippen LogP contribution in [0, 0.1) is 5.92 Å². The fourth-order valence-corrected chi connectivity index (χ4v) is 4.76. The third-order valence-electron chi connectivity index (χ3n) is 3.45. The molecule has 3 rings (SSSR count). The molecule has 2 fully saturated rings. The third kappa shape index (κ3) is 2.96. The lowest BCUT2D eigenvalue weighted by molar-refractivity contribution is 0.388. The maximum atomic E-state index is 12.7. The van der Waals surface area contributed by atoms with Crippen molar-refractivity contribution in [2.24, 2.45) is 5.92 Å².